The Morgan fingerprint density at radius 3 is 2.29 bits per heavy atom. The first-order chi connectivity index (χ1) is 6.38. The van der Waals surface area contributed by atoms with Gasteiger partial charge in [0, 0.05) is 17.9 Å². The highest BCUT2D eigenvalue weighted by atomic mass is 19.4. The molecule has 0 atom stereocenters. The van der Waals surface area contributed by atoms with Gasteiger partial charge in [0.05, 0.1) is 5.56 Å². The molecule has 0 fully saturated rings. The van der Waals surface area contributed by atoms with Crippen molar-refractivity contribution in [1.82, 2.24) is 4.57 Å². The molecule has 80 valence electrons. The van der Waals surface area contributed by atoms with Crippen LogP contribution in [0.2, 0.25) is 0 Å². The summed E-state index contributed by atoms with van der Waals surface area (Å²) in [5.41, 5.74) is -0.138. The van der Waals surface area contributed by atoms with E-state index in [1.807, 2.05) is 13.8 Å². The van der Waals surface area contributed by atoms with Gasteiger partial charge >= 0.3 is 6.18 Å². The van der Waals surface area contributed by atoms with Crippen LogP contribution in [0.15, 0.2) is 12.3 Å². The SMILES string of the molecule is CCc1c(C(F)(F)F)ccn1C(C)C. The fourth-order valence-electron chi connectivity index (χ4n) is 1.60. The van der Waals surface area contributed by atoms with Gasteiger partial charge in [-0.15, -0.1) is 0 Å². The summed E-state index contributed by atoms with van der Waals surface area (Å²) in [6.07, 6.45) is -2.32. The number of halogens is 3. The molecule has 0 saturated heterocycles. The highest BCUT2D eigenvalue weighted by Crippen LogP contribution is 2.33. The molecule has 0 aliphatic heterocycles. The molecule has 0 saturated carbocycles. The van der Waals surface area contributed by atoms with E-state index in [9.17, 15) is 13.2 Å². The van der Waals surface area contributed by atoms with Crippen LogP contribution >= 0.6 is 0 Å². The molecule has 0 aromatic carbocycles. The highest BCUT2D eigenvalue weighted by Gasteiger charge is 2.34. The number of hydrogen-bond donors (Lipinski definition) is 0. The quantitative estimate of drug-likeness (QED) is 0.694. The Hall–Kier alpha value is -0.930. The number of alkyl halides is 3. The Balaban J connectivity index is 3.21. The van der Waals surface area contributed by atoms with E-state index in [-0.39, 0.29) is 6.04 Å². The van der Waals surface area contributed by atoms with Gasteiger partial charge in [-0.1, -0.05) is 6.92 Å². The van der Waals surface area contributed by atoms with E-state index in [1.165, 1.54) is 6.20 Å². The second-order valence-corrected chi connectivity index (χ2v) is 3.53. The Bertz CT molecular complexity index is 310. The zero-order chi connectivity index (χ0) is 10.9. The second-order valence-electron chi connectivity index (χ2n) is 3.53. The van der Waals surface area contributed by atoms with Crippen molar-refractivity contribution in [3.8, 4) is 0 Å². The minimum absolute atomic E-state index is 0.0704. The lowest BCUT2D eigenvalue weighted by Gasteiger charge is -2.14. The maximum absolute atomic E-state index is 12.5. The van der Waals surface area contributed by atoms with E-state index < -0.39 is 11.7 Å². The van der Waals surface area contributed by atoms with Gasteiger partial charge in [0.2, 0.25) is 0 Å². The van der Waals surface area contributed by atoms with E-state index in [2.05, 4.69) is 0 Å². The van der Waals surface area contributed by atoms with Crippen LogP contribution in [0.4, 0.5) is 13.2 Å². The fraction of sp³-hybridized carbons (Fsp3) is 0.600. The van der Waals surface area contributed by atoms with Crippen molar-refractivity contribution in [2.75, 3.05) is 0 Å². The van der Waals surface area contributed by atoms with Gasteiger partial charge in [0.25, 0.3) is 0 Å². The topological polar surface area (TPSA) is 4.93 Å². The van der Waals surface area contributed by atoms with Crippen LogP contribution in [0.25, 0.3) is 0 Å². The number of aromatic nitrogens is 1. The summed E-state index contributed by atoms with van der Waals surface area (Å²) in [6.45, 7) is 5.49. The predicted octanol–water partition coefficient (Wildman–Crippen LogP) is 3.65. The summed E-state index contributed by atoms with van der Waals surface area (Å²) in [5, 5.41) is 0. The lowest BCUT2D eigenvalue weighted by Crippen LogP contribution is -2.11. The van der Waals surface area contributed by atoms with Crippen molar-refractivity contribution in [3.63, 3.8) is 0 Å². The fourth-order valence-corrected chi connectivity index (χ4v) is 1.60. The van der Waals surface area contributed by atoms with E-state index >= 15 is 0 Å². The molecule has 1 aromatic rings. The van der Waals surface area contributed by atoms with Crippen molar-refractivity contribution in [3.05, 3.63) is 23.5 Å². The molecule has 0 aliphatic carbocycles. The van der Waals surface area contributed by atoms with E-state index in [4.69, 9.17) is 0 Å². The summed E-state index contributed by atoms with van der Waals surface area (Å²) in [7, 11) is 0. The van der Waals surface area contributed by atoms with E-state index in [0.29, 0.717) is 12.1 Å². The van der Waals surface area contributed by atoms with Crippen molar-refractivity contribution in [2.24, 2.45) is 0 Å². The molecule has 1 nitrogen and oxygen atoms in total. The molecule has 1 aromatic heterocycles. The lowest BCUT2D eigenvalue weighted by atomic mass is 10.2. The number of rotatable bonds is 2. The van der Waals surface area contributed by atoms with Gasteiger partial charge in [0.15, 0.2) is 0 Å². The van der Waals surface area contributed by atoms with Gasteiger partial charge in [-0.3, -0.25) is 0 Å². The van der Waals surface area contributed by atoms with Gasteiger partial charge in [0.1, 0.15) is 0 Å². The first-order valence-corrected chi connectivity index (χ1v) is 4.64. The molecule has 14 heavy (non-hydrogen) atoms. The average molecular weight is 205 g/mol. The summed E-state index contributed by atoms with van der Waals surface area (Å²) < 4.78 is 39.2. The van der Waals surface area contributed by atoms with Gasteiger partial charge < -0.3 is 4.57 Å². The molecule has 0 amide bonds. The standard InChI is InChI=1S/C10H14F3N/c1-4-9-8(10(11,12)13)5-6-14(9)7(2)3/h5-7H,4H2,1-3H3. The Kier molecular flexibility index (Phi) is 2.92. The van der Waals surface area contributed by atoms with Gasteiger partial charge in [-0.25, -0.2) is 0 Å². The van der Waals surface area contributed by atoms with Crippen LogP contribution in [-0.4, -0.2) is 4.57 Å². The molecule has 0 bridgehead atoms. The summed E-state index contributed by atoms with van der Waals surface area (Å²) in [4.78, 5) is 0. The van der Waals surface area contributed by atoms with Crippen molar-refractivity contribution < 1.29 is 13.2 Å². The third-order valence-corrected chi connectivity index (χ3v) is 2.22. The van der Waals surface area contributed by atoms with E-state index in [1.54, 1.807) is 11.5 Å². The first-order valence-electron chi connectivity index (χ1n) is 4.64. The smallest absolute Gasteiger partial charge is 0.348 e. The van der Waals surface area contributed by atoms with Crippen molar-refractivity contribution >= 4 is 0 Å². The van der Waals surface area contributed by atoms with Crippen LogP contribution in [-0.2, 0) is 12.6 Å². The normalized spacial score (nSPS) is 12.5. The molecule has 0 unspecified atom stereocenters. The van der Waals surface area contributed by atoms with Gasteiger partial charge in [-0.2, -0.15) is 13.2 Å². The van der Waals surface area contributed by atoms with Crippen molar-refractivity contribution in [2.45, 2.75) is 39.4 Å². The Morgan fingerprint density at radius 2 is 1.93 bits per heavy atom. The van der Waals surface area contributed by atoms with Crippen LogP contribution in [0.5, 0.6) is 0 Å². The molecule has 0 aliphatic rings. The van der Waals surface area contributed by atoms with Crippen LogP contribution in [0, 0.1) is 0 Å². The molecule has 0 radical (unpaired) electrons. The third-order valence-electron chi connectivity index (χ3n) is 2.22. The van der Waals surface area contributed by atoms with Crippen molar-refractivity contribution in [1.29, 1.82) is 0 Å². The monoisotopic (exact) mass is 205 g/mol. The average Bonchev–Trinajstić information content (AvgIpc) is 2.45. The first kappa shape index (κ1) is 11.1. The van der Waals surface area contributed by atoms with Crippen LogP contribution in [0.1, 0.15) is 38.1 Å². The molecule has 0 N–H and O–H groups in total. The minimum atomic E-state index is -4.23. The zero-order valence-electron chi connectivity index (χ0n) is 8.52. The lowest BCUT2D eigenvalue weighted by molar-refractivity contribution is -0.138. The molecule has 1 rings (SSSR count). The van der Waals surface area contributed by atoms with Crippen LogP contribution < -0.4 is 0 Å². The van der Waals surface area contributed by atoms with Gasteiger partial charge in [-0.05, 0) is 26.3 Å². The maximum Gasteiger partial charge on any atom is 0.418 e. The molecular weight excluding hydrogens is 191 g/mol. The maximum atomic E-state index is 12.5. The summed E-state index contributed by atoms with van der Waals surface area (Å²) in [5.74, 6) is 0. The second kappa shape index (κ2) is 3.67. The summed E-state index contributed by atoms with van der Waals surface area (Å²) >= 11 is 0. The predicted molar refractivity (Wildman–Crippen MR) is 49.2 cm³/mol. The highest BCUT2D eigenvalue weighted by molar-refractivity contribution is 5.26. The Labute approximate surface area is 81.5 Å². The molecular formula is C10H14F3N. The molecule has 0 spiro atoms. The minimum Gasteiger partial charge on any atom is -0.348 e. The number of hydrogen-bond acceptors (Lipinski definition) is 0. The zero-order valence-corrected chi connectivity index (χ0v) is 8.52. The third kappa shape index (κ3) is 1.94. The largest absolute Gasteiger partial charge is 0.418 e. The molecule has 4 heteroatoms. The number of nitrogens with zero attached hydrogens (tertiary/aromatic N) is 1. The molecule has 1 heterocycles. The summed E-state index contributed by atoms with van der Waals surface area (Å²) in [6, 6.07) is 1.22. The Morgan fingerprint density at radius 1 is 1.36 bits per heavy atom. The van der Waals surface area contributed by atoms with E-state index in [0.717, 1.165) is 6.07 Å². The van der Waals surface area contributed by atoms with Crippen LogP contribution in [0.3, 0.4) is 0 Å².